The van der Waals surface area contributed by atoms with E-state index in [2.05, 4.69) is 15.9 Å². The Bertz CT molecular complexity index is 1050. The predicted octanol–water partition coefficient (Wildman–Crippen LogP) is 3.51. The van der Waals surface area contributed by atoms with E-state index in [1.54, 1.807) is 25.3 Å². The summed E-state index contributed by atoms with van der Waals surface area (Å²) in [6, 6.07) is 12.0. The first-order chi connectivity index (χ1) is 15.1. The number of Topliss-reactive ketones (excluding diaryl/α,β-unsaturated/α-hetero) is 1. The molecule has 0 bridgehead atoms. The number of hydrogen-bond donors (Lipinski definition) is 1. The molecule has 1 heterocycles. The number of nitrogens with zero attached hydrogens (tertiary/aromatic N) is 3. The topological polar surface area (TPSA) is 73.3 Å². The van der Waals surface area contributed by atoms with Crippen LogP contribution in [0.2, 0.25) is 0 Å². The molecule has 0 radical (unpaired) electrons. The standard InChI is InChI=1S/C24H28BrN3O4/c1-26(2)12-13-28-21(15-6-9-17(10-7-15)27(3)4)20(23(30)24(28)31)22(29)16-8-11-19(32-5)18(25)14-16/h6-11,14,21,29H,12-13H2,1-5H3/b22-20-. The van der Waals surface area contributed by atoms with E-state index in [1.807, 2.05) is 62.3 Å². The van der Waals surface area contributed by atoms with Crippen molar-refractivity contribution < 1.29 is 19.4 Å². The molecule has 32 heavy (non-hydrogen) atoms. The molecular weight excluding hydrogens is 474 g/mol. The van der Waals surface area contributed by atoms with Crippen molar-refractivity contribution in [3.8, 4) is 5.75 Å². The molecule has 2 aromatic rings. The molecule has 1 atom stereocenters. The summed E-state index contributed by atoms with van der Waals surface area (Å²) in [5.74, 6) is -0.901. The first-order valence-corrected chi connectivity index (χ1v) is 11.0. The Morgan fingerprint density at radius 2 is 1.75 bits per heavy atom. The number of ether oxygens (including phenoxy) is 1. The average Bonchev–Trinajstić information content (AvgIpc) is 3.01. The number of likely N-dealkylation sites (tertiary alicyclic amines) is 1. The summed E-state index contributed by atoms with van der Waals surface area (Å²) in [4.78, 5) is 31.5. The molecule has 2 aromatic carbocycles. The van der Waals surface area contributed by atoms with Crippen molar-refractivity contribution in [3.63, 3.8) is 0 Å². The molecule has 170 valence electrons. The summed E-state index contributed by atoms with van der Waals surface area (Å²) in [6.45, 7) is 0.953. The molecule has 1 saturated heterocycles. The van der Waals surface area contributed by atoms with E-state index >= 15 is 0 Å². The Labute approximate surface area is 197 Å². The molecule has 7 nitrogen and oxygen atoms in total. The maximum atomic E-state index is 13.1. The third kappa shape index (κ3) is 4.66. The fourth-order valence-corrected chi connectivity index (χ4v) is 4.23. The number of ketones is 1. The van der Waals surface area contributed by atoms with E-state index in [-0.39, 0.29) is 11.3 Å². The third-order valence-electron chi connectivity index (χ3n) is 5.48. The van der Waals surface area contributed by atoms with Crippen molar-refractivity contribution in [2.45, 2.75) is 6.04 Å². The second kappa shape index (κ2) is 9.75. The molecule has 0 saturated carbocycles. The maximum Gasteiger partial charge on any atom is 0.295 e. The highest BCUT2D eigenvalue weighted by Gasteiger charge is 2.45. The number of amides is 1. The van der Waals surface area contributed by atoms with Gasteiger partial charge in [-0.05, 0) is 65.9 Å². The van der Waals surface area contributed by atoms with Crippen LogP contribution >= 0.6 is 15.9 Å². The number of aliphatic hydroxyl groups excluding tert-OH is 1. The molecule has 1 fully saturated rings. The smallest absolute Gasteiger partial charge is 0.295 e. The van der Waals surface area contributed by atoms with Gasteiger partial charge in [-0.1, -0.05) is 12.1 Å². The van der Waals surface area contributed by atoms with Gasteiger partial charge in [-0.3, -0.25) is 9.59 Å². The van der Waals surface area contributed by atoms with E-state index in [4.69, 9.17) is 4.74 Å². The monoisotopic (exact) mass is 501 g/mol. The average molecular weight is 502 g/mol. The van der Waals surface area contributed by atoms with Gasteiger partial charge in [0.2, 0.25) is 0 Å². The normalized spacial score (nSPS) is 17.8. The van der Waals surface area contributed by atoms with Crippen LogP contribution in [0.5, 0.6) is 5.75 Å². The van der Waals surface area contributed by atoms with Gasteiger partial charge in [-0.2, -0.15) is 0 Å². The van der Waals surface area contributed by atoms with Crippen molar-refractivity contribution in [1.29, 1.82) is 0 Å². The number of halogens is 1. The van der Waals surface area contributed by atoms with Gasteiger partial charge in [0.25, 0.3) is 11.7 Å². The van der Waals surface area contributed by atoms with Crippen LogP contribution in [-0.2, 0) is 9.59 Å². The first-order valence-electron chi connectivity index (χ1n) is 10.2. The quantitative estimate of drug-likeness (QED) is 0.355. The number of aliphatic hydroxyl groups is 1. The minimum Gasteiger partial charge on any atom is -0.507 e. The van der Waals surface area contributed by atoms with Crippen LogP contribution in [0.25, 0.3) is 5.76 Å². The molecule has 1 aliphatic heterocycles. The summed E-state index contributed by atoms with van der Waals surface area (Å²) >= 11 is 3.41. The fourth-order valence-electron chi connectivity index (χ4n) is 3.69. The van der Waals surface area contributed by atoms with Crippen LogP contribution in [0.1, 0.15) is 17.2 Å². The minimum atomic E-state index is -0.685. The van der Waals surface area contributed by atoms with Gasteiger partial charge in [0, 0.05) is 38.4 Å². The van der Waals surface area contributed by atoms with Crippen LogP contribution in [0, 0.1) is 0 Å². The number of methoxy groups -OCH3 is 1. The van der Waals surface area contributed by atoms with Gasteiger partial charge < -0.3 is 24.5 Å². The van der Waals surface area contributed by atoms with Crippen LogP contribution < -0.4 is 9.64 Å². The highest BCUT2D eigenvalue weighted by atomic mass is 79.9. The van der Waals surface area contributed by atoms with Gasteiger partial charge in [-0.15, -0.1) is 0 Å². The lowest BCUT2D eigenvalue weighted by atomic mass is 9.95. The number of carbonyl (C=O) groups excluding carboxylic acids is 2. The van der Waals surface area contributed by atoms with Crippen LogP contribution in [0.4, 0.5) is 5.69 Å². The summed E-state index contributed by atoms with van der Waals surface area (Å²) < 4.78 is 5.89. The van der Waals surface area contributed by atoms with Crippen molar-refractivity contribution in [3.05, 3.63) is 63.6 Å². The Morgan fingerprint density at radius 3 is 2.28 bits per heavy atom. The highest BCUT2D eigenvalue weighted by Crippen LogP contribution is 2.40. The summed E-state index contributed by atoms with van der Waals surface area (Å²) in [5, 5.41) is 11.2. The second-order valence-electron chi connectivity index (χ2n) is 8.13. The molecule has 0 spiro atoms. The molecule has 1 unspecified atom stereocenters. The minimum absolute atomic E-state index is 0.0865. The van der Waals surface area contributed by atoms with Crippen LogP contribution in [-0.4, -0.2) is 75.0 Å². The summed E-state index contributed by atoms with van der Waals surface area (Å²) in [7, 11) is 9.26. The van der Waals surface area contributed by atoms with E-state index < -0.39 is 17.7 Å². The number of likely N-dealkylation sites (N-methyl/N-ethyl adjacent to an activating group) is 1. The second-order valence-corrected chi connectivity index (χ2v) is 8.99. The molecule has 3 rings (SSSR count). The van der Waals surface area contributed by atoms with Crippen molar-refractivity contribution in [2.75, 3.05) is 53.3 Å². The first kappa shape index (κ1) is 23.8. The zero-order valence-electron chi connectivity index (χ0n) is 18.9. The molecular formula is C24H28BrN3O4. The van der Waals surface area contributed by atoms with Gasteiger partial charge in [0.05, 0.1) is 23.2 Å². The summed E-state index contributed by atoms with van der Waals surface area (Å²) in [5.41, 5.74) is 2.28. The number of benzene rings is 2. The SMILES string of the molecule is COc1ccc(/C(O)=C2/C(=O)C(=O)N(CCN(C)C)C2c2ccc(N(C)C)cc2)cc1Br. The summed E-state index contributed by atoms with van der Waals surface area (Å²) in [6.07, 6.45) is 0. The molecule has 8 heteroatoms. The Kier molecular flexibility index (Phi) is 7.26. The van der Waals surface area contributed by atoms with Gasteiger partial charge >= 0.3 is 0 Å². The largest absolute Gasteiger partial charge is 0.507 e. The van der Waals surface area contributed by atoms with Gasteiger partial charge in [0.1, 0.15) is 11.5 Å². The van der Waals surface area contributed by atoms with Crippen LogP contribution in [0.3, 0.4) is 0 Å². The lowest BCUT2D eigenvalue weighted by molar-refractivity contribution is -0.140. The van der Waals surface area contributed by atoms with Gasteiger partial charge in [0.15, 0.2) is 0 Å². The number of rotatable bonds is 7. The van der Waals surface area contributed by atoms with Crippen molar-refractivity contribution in [1.82, 2.24) is 9.80 Å². The third-order valence-corrected chi connectivity index (χ3v) is 6.10. The molecule has 1 amide bonds. The fraction of sp³-hybridized carbons (Fsp3) is 0.333. The van der Waals surface area contributed by atoms with E-state index in [9.17, 15) is 14.7 Å². The predicted molar refractivity (Wildman–Crippen MR) is 129 cm³/mol. The lowest BCUT2D eigenvalue weighted by Crippen LogP contribution is -2.35. The van der Waals surface area contributed by atoms with E-state index in [0.29, 0.717) is 28.9 Å². The molecule has 1 N–H and O–H groups in total. The van der Waals surface area contributed by atoms with Crippen molar-refractivity contribution >= 4 is 39.1 Å². The number of carbonyl (C=O) groups is 2. The Balaban J connectivity index is 2.14. The van der Waals surface area contributed by atoms with E-state index in [0.717, 1.165) is 11.3 Å². The zero-order valence-corrected chi connectivity index (χ0v) is 20.5. The maximum absolute atomic E-state index is 13.1. The highest BCUT2D eigenvalue weighted by molar-refractivity contribution is 9.10. The number of hydrogen-bond acceptors (Lipinski definition) is 6. The number of anilines is 1. The van der Waals surface area contributed by atoms with E-state index in [1.165, 1.54) is 4.90 Å². The van der Waals surface area contributed by atoms with Gasteiger partial charge in [-0.25, -0.2) is 0 Å². The Hall–Kier alpha value is -2.84. The Morgan fingerprint density at radius 1 is 1.09 bits per heavy atom. The zero-order chi connectivity index (χ0) is 23.6. The van der Waals surface area contributed by atoms with Crippen LogP contribution in [0.15, 0.2) is 52.5 Å². The van der Waals surface area contributed by atoms with Crippen molar-refractivity contribution in [2.24, 2.45) is 0 Å². The molecule has 0 aromatic heterocycles. The lowest BCUT2D eigenvalue weighted by Gasteiger charge is -2.27. The molecule has 0 aliphatic carbocycles. The molecule has 1 aliphatic rings.